The highest BCUT2D eigenvalue weighted by Crippen LogP contribution is 2.17. The molecule has 0 saturated heterocycles. The second-order valence-electron chi connectivity index (χ2n) is 4.18. The van der Waals surface area contributed by atoms with Gasteiger partial charge in [-0.15, -0.1) is 11.8 Å². The van der Waals surface area contributed by atoms with Gasteiger partial charge in [-0.3, -0.25) is 5.32 Å². The molecule has 0 spiro atoms. The summed E-state index contributed by atoms with van der Waals surface area (Å²) >= 11 is 1.59. The molecule has 0 aliphatic carbocycles. The maximum atomic E-state index is 11.6. The lowest BCUT2D eigenvalue weighted by atomic mass is 10.1. The molecule has 21 heavy (non-hydrogen) atoms. The van der Waals surface area contributed by atoms with E-state index >= 15 is 0 Å². The van der Waals surface area contributed by atoms with Crippen molar-refractivity contribution < 1.29 is 11.0 Å². The second-order valence-corrected chi connectivity index (χ2v) is 5.29. The number of anilines is 1. The standard InChI is InChI=1S/C14H16N2O2S.C2H6.H2/c1-10(2)11-3-5-12(6-4-11)16-14(17)18-9-13-15-7-8-19-13;1-2;/h3-8,13,15H,1,9H2,2H3,(H,16,17);1-2H3;1H. The fourth-order valence-corrected chi connectivity index (χ4v) is 2.20. The molecule has 1 aromatic carbocycles. The van der Waals surface area contributed by atoms with Crippen LogP contribution in [0.5, 0.6) is 0 Å². The van der Waals surface area contributed by atoms with Crippen molar-refractivity contribution in [2.75, 3.05) is 11.9 Å². The van der Waals surface area contributed by atoms with Gasteiger partial charge in [0.2, 0.25) is 0 Å². The number of ether oxygens (including phenoxy) is 1. The zero-order chi connectivity index (χ0) is 15.7. The zero-order valence-corrected chi connectivity index (χ0v) is 13.5. The monoisotopic (exact) mass is 308 g/mol. The van der Waals surface area contributed by atoms with Gasteiger partial charge in [0.15, 0.2) is 0 Å². The third-order valence-electron chi connectivity index (χ3n) is 2.58. The van der Waals surface area contributed by atoms with Crippen molar-refractivity contribution in [2.45, 2.75) is 26.1 Å². The number of benzene rings is 1. The first-order chi connectivity index (χ1) is 10.1. The summed E-state index contributed by atoms with van der Waals surface area (Å²) in [6, 6.07) is 7.48. The number of rotatable bonds is 4. The van der Waals surface area contributed by atoms with Crippen LogP contribution in [0.4, 0.5) is 10.5 Å². The normalized spacial score (nSPS) is 15.5. The van der Waals surface area contributed by atoms with E-state index in [4.69, 9.17) is 4.74 Å². The van der Waals surface area contributed by atoms with Gasteiger partial charge in [-0.05, 0) is 30.0 Å². The molecular weight excluding hydrogens is 284 g/mol. The summed E-state index contributed by atoms with van der Waals surface area (Å²) in [5.41, 5.74) is 2.75. The van der Waals surface area contributed by atoms with Crippen molar-refractivity contribution in [3.05, 3.63) is 48.0 Å². The average Bonchev–Trinajstić information content (AvgIpc) is 3.01. The van der Waals surface area contributed by atoms with E-state index in [9.17, 15) is 4.79 Å². The van der Waals surface area contributed by atoms with E-state index in [0.29, 0.717) is 12.3 Å². The molecule has 0 radical (unpaired) electrons. The van der Waals surface area contributed by atoms with E-state index in [0.717, 1.165) is 11.1 Å². The van der Waals surface area contributed by atoms with Crippen molar-refractivity contribution in [2.24, 2.45) is 0 Å². The van der Waals surface area contributed by atoms with Gasteiger partial charge in [0, 0.05) is 13.3 Å². The fourth-order valence-electron chi connectivity index (χ4n) is 1.55. The lowest BCUT2D eigenvalue weighted by Crippen LogP contribution is -2.26. The van der Waals surface area contributed by atoms with E-state index in [1.165, 1.54) is 0 Å². The molecule has 4 nitrogen and oxygen atoms in total. The number of nitrogens with one attached hydrogen (secondary N) is 2. The number of hydrogen-bond acceptors (Lipinski definition) is 4. The van der Waals surface area contributed by atoms with Gasteiger partial charge in [-0.25, -0.2) is 4.79 Å². The van der Waals surface area contributed by atoms with Gasteiger partial charge in [0.05, 0.1) is 0 Å². The molecule has 0 saturated carbocycles. The van der Waals surface area contributed by atoms with Crippen molar-refractivity contribution in [3.8, 4) is 0 Å². The predicted molar refractivity (Wildman–Crippen MR) is 93.2 cm³/mol. The molecule has 2 N–H and O–H groups in total. The van der Waals surface area contributed by atoms with Gasteiger partial charge >= 0.3 is 6.09 Å². The quantitative estimate of drug-likeness (QED) is 0.848. The molecule has 1 atom stereocenters. The van der Waals surface area contributed by atoms with Gasteiger partial charge in [0.25, 0.3) is 0 Å². The highest BCUT2D eigenvalue weighted by molar-refractivity contribution is 8.02. The van der Waals surface area contributed by atoms with Crippen molar-refractivity contribution in [1.82, 2.24) is 5.32 Å². The van der Waals surface area contributed by atoms with Gasteiger partial charge < -0.3 is 10.1 Å². The Morgan fingerprint density at radius 3 is 2.62 bits per heavy atom. The Labute approximate surface area is 132 Å². The molecule has 0 bridgehead atoms. The Kier molecular flexibility index (Phi) is 7.46. The minimum Gasteiger partial charge on any atom is -0.446 e. The Hall–Kier alpha value is -1.88. The molecular formula is C16H24N2O2S. The largest absolute Gasteiger partial charge is 0.446 e. The molecule has 1 unspecified atom stereocenters. The minimum absolute atomic E-state index is 0. The highest BCUT2D eigenvalue weighted by atomic mass is 32.2. The van der Waals surface area contributed by atoms with Gasteiger partial charge in [0.1, 0.15) is 12.0 Å². The maximum absolute atomic E-state index is 11.6. The number of allylic oxidation sites excluding steroid dienone is 1. The van der Waals surface area contributed by atoms with Gasteiger partial charge in [-0.1, -0.05) is 38.1 Å². The molecule has 5 heteroatoms. The summed E-state index contributed by atoms with van der Waals surface area (Å²) in [4.78, 5) is 11.6. The van der Waals surface area contributed by atoms with Crippen molar-refractivity contribution in [1.29, 1.82) is 0 Å². The minimum atomic E-state index is -0.447. The lowest BCUT2D eigenvalue weighted by Gasteiger charge is -2.11. The van der Waals surface area contributed by atoms with Crippen LogP contribution < -0.4 is 10.6 Å². The molecule has 1 aromatic rings. The predicted octanol–water partition coefficient (Wildman–Crippen LogP) is 4.67. The van der Waals surface area contributed by atoms with Crippen molar-refractivity contribution >= 4 is 29.1 Å². The molecule has 2 rings (SSSR count). The first-order valence-electron chi connectivity index (χ1n) is 6.91. The summed E-state index contributed by atoms with van der Waals surface area (Å²) in [5, 5.41) is 7.79. The van der Waals surface area contributed by atoms with Crippen LogP contribution in [0.1, 0.15) is 27.8 Å². The zero-order valence-electron chi connectivity index (χ0n) is 12.7. The van der Waals surface area contributed by atoms with E-state index in [-0.39, 0.29) is 6.80 Å². The SMILES string of the molecule is C=C(C)c1ccc(NC(=O)OCC2NC=CS2)cc1.CC.[HH]. The van der Waals surface area contributed by atoms with Crippen LogP contribution in [0, 0.1) is 0 Å². The summed E-state index contributed by atoms with van der Waals surface area (Å²) in [5.74, 6) is 0. The van der Waals surface area contributed by atoms with Crippen LogP contribution in [0.2, 0.25) is 0 Å². The number of carbonyl (C=O) groups excluding carboxylic acids is 1. The van der Waals surface area contributed by atoms with Crippen LogP contribution >= 0.6 is 11.8 Å². The van der Waals surface area contributed by atoms with Crippen molar-refractivity contribution in [3.63, 3.8) is 0 Å². The van der Waals surface area contributed by atoms with Crippen LogP contribution in [0.15, 0.2) is 42.5 Å². The fraction of sp³-hybridized carbons (Fsp3) is 0.312. The first kappa shape index (κ1) is 17.2. The number of hydrogen-bond donors (Lipinski definition) is 2. The van der Waals surface area contributed by atoms with E-state index in [1.54, 1.807) is 11.8 Å². The summed E-state index contributed by atoms with van der Waals surface area (Å²) in [7, 11) is 0. The molecule has 1 amide bonds. The lowest BCUT2D eigenvalue weighted by molar-refractivity contribution is 0.160. The second kappa shape index (κ2) is 9.13. The van der Waals surface area contributed by atoms with E-state index in [1.807, 2.05) is 56.6 Å². The maximum Gasteiger partial charge on any atom is 0.411 e. The third kappa shape index (κ3) is 5.95. The van der Waals surface area contributed by atoms with Crippen LogP contribution in [-0.4, -0.2) is 18.1 Å². The molecule has 116 valence electrons. The Morgan fingerprint density at radius 1 is 1.43 bits per heavy atom. The highest BCUT2D eigenvalue weighted by Gasteiger charge is 2.12. The molecule has 1 aliphatic heterocycles. The molecule has 1 aliphatic rings. The average molecular weight is 308 g/mol. The van der Waals surface area contributed by atoms with E-state index < -0.39 is 6.09 Å². The third-order valence-corrected chi connectivity index (χ3v) is 3.48. The number of carbonyl (C=O) groups is 1. The van der Waals surface area contributed by atoms with Crippen LogP contribution in [0.25, 0.3) is 5.57 Å². The smallest absolute Gasteiger partial charge is 0.411 e. The summed E-state index contributed by atoms with van der Waals surface area (Å²) in [6.45, 7) is 10.1. The Bertz CT molecular complexity index is 495. The molecule has 1 heterocycles. The number of amides is 1. The molecule has 0 fully saturated rings. The van der Waals surface area contributed by atoms with Crippen LogP contribution in [0.3, 0.4) is 0 Å². The Morgan fingerprint density at radius 2 is 2.10 bits per heavy atom. The Balaban J connectivity index is 0.00000141. The molecule has 0 aromatic heterocycles. The first-order valence-corrected chi connectivity index (χ1v) is 7.85. The van der Waals surface area contributed by atoms with E-state index in [2.05, 4.69) is 17.2 Å². The summed E-state index contributed by atoms with van der Waals surface area (Å²) < 4.78 is 5.12. The summed E-state index contributed by atoms with van der Waals surface area (Å²) in [6.07, 6.45) is 1.39. The topological polar surface area (TPSA) is 50.4 Å². The van der Waals surface area contributed by atoms with Gasteiger partial charge in [-0.2, -0.15) is 0 Å². The van der Waals surface area contributed by atoms with Crippen LogP contribution in [-0.2, 0) is 4.74 Å². The number of thioether (sulfide) groups is 1.